The Kier molecular flexibility index (Phi) is 5.78. The molecule has 7 nitrogen and oxygen atoms in total. The van der Waals surface area contributed by atoms with E-state index in [9.17, 15) is 19.5 Å². The molecule has 0 radical (unpaired) electrons. The second kappa shape index (κ2) is 7.81. The summed E-state index contributed by atoms with van der Waals surface area (Å²) >= 11 is 0. The molecule has 2 rings (SSSR count). The van der Waals surface area contributed by atoms with Crippen molar-refractivity contribution in [1.29, 1.82) is 0 Å². The van der Waals surface area contributed by atoms with Gasteiger partial charge >= 0.3 is 18.0 Å². The summed E-state index contributed by atoms with van der Waals surface area (Å²) in [6.07, 6.45) is 0.775. The molecule has 0 aromatic heterocycles. The first-order chi connectivity index (χ1) is 11.4. The summed E-state index contributed by atoms with van der Waals surface area (Å²) in [6.45, 7) is 2.59. The summed E-state index contributed by atoms with van der Waals surface area (Å²) < 4.78 is 0. The minimum Gasteiger partial charge on any atom is -0.481 e. The van der Waals surface area contributed by atoms with Crippen LogP contribution >= 0.6 is 0 Å². The number of nitrogens with zero attached hydrogens (tertiary/aromatic N) is 2. The number of carbonyl (C=O) groups is 3. The molecule has 0 bridgehead atoms. The fourth-order valence-electron chi connectivity index (χ4n) is 2.93. The van der Waals surface area contributed by atoms with E-state index in [1.807, 2.05) is 31.2 Å². The molecule has 2 N–H and O–H groups in total. The van der Waals surface area contributed by atoms with Crippen molar-refractivity contribution in [1.82, 2.24) is 9.80 Å². The van der Waals surface area contributed by atoms with Gasteiger partial charge in [0, 0.05) is 26.1 Å². The minimum atomic E-state index is -1.05. The molecule has 0 spiro atoms. The smallest absolute Gasteiger partial charge is 0.326 e. The number of aliphatic carboxylic acids is 2. The Bertz CT molecular complexity index is 631. The standard InChI is InChI=1S/C17H22N2O5/c1-2-8-18(9-7-15(20)21)17(24)19-11-13-6-4-3-5-12(13)10-14(19)16(22)23/h3-6,14H,2,7-11H2,1H3,(H,20,21)(H,22,23)/t14-/m0/s1. The number of carboxylic acids is 2. The summed E-state index contributed by atoms with van der Waals surface area (Å²) in [7, 11) is 0. The summed E-state index contributed by atoms with van der Waals surface area (Å²) in [5.41, 5.74) is 1.86. The van der Waals surface area contributed by atoms with E-state index in [1.54, 1.807) is 0 Å². The van der Waals surface area contributed by atoms with E-state index < -0.39 is 24.0 Å². The highest BCUT2D eigenvalue weighted by molar-refractivity contribution is 5.84. The van der Waals surface area contributed by atoms with Crippen molar-refractivity contribution >= 4 is 18.0 Å². The van der Waals surface area contributed by atoms with Gasteiger partial charge in [0.25, 0.3) is 0 Å². The van der Waals surface area contributed by atoms with Gasteiger partial charge in [-0.2, -0.15) is 0 Å². The van der Waals surface area contributed by atoms with E-state index in [1.165, 1.54) is 9.80 Å². The van der Waals surface area contributed by atoms with Crippen LogP contribution in [-0.2, 0) is 22.6 Å². The molecule has 0 saturated heterocycles. The first kappa shape index (κ1) is 17.8. The van der Waals surface area contributed by atoms with Gasteiger partial charge in [0.15, 0.2) is 0 Å². The molecule has 0 fully saturated rings. The average Bonchev–Trinajstić information content (AvgIpc) is 2.56. The van der Waals surface area contributed by atoms with Crippen LogP contribution in [-0.4, -0.2) is 57.1 Å². The molecular weight excluding hydrogens is 312 g/mol. The molecule has 0 unspecified atom stereocenters. The Balaban J connectivity index is 2.23. The van der Waals surface area contributed by atoms with Crippen LogP contribution in [0, 0.1) is 0 Å². The monoisotopic (exact) mass is 334 g/mol. The Hall–Kier alpha value is -2.57. The number of hydrogen-bond donors (Lipinski definition) is 2. The van der Waals surface area contributed by atoms with Crippen LogP contribution in [0.3, 0.4) is 0 Å². The van der Waals surface area contributed by atoms with Gasteiger partial charge in [-0.15, -0.1) is 0 Å². The average molecular weight is 334 g/mol. The Morgan fingerprint density at radius 1 is 1.17 bits per heavy atom. The number of urea groups is 1. The minimum absolute atomic E-state index is 0.0759. The summed E-state index contributed by atoms with van der Waals surface area (Å²) in [5.74, 6) is -2.03. The van der Waals surface area contributed by atoms with Crippen LogP contribution < -0.4 is 0 Å². The fraction of sp³-hybridized carbons (Fsp3) is 0.471. The Labute approximate surface area is 140 Å². The van der Waals surface area contributed by atoms with Gasteiger partial charge in [0.1, 0.15) is 6.04 Å². The van der Waals surface area contributed by atoms with Crippen LogP contribution in [0.25, 0.3) is 0 Å². The zero-order valence-corrected chi connectivity index (χ0v) is 13.6. The zero-order valence-electron chi connectivity index (χ0n) is 13.6. The number of carboxylic acid groups (broad SMARTS) is 2. The van der Waals surface area contributed by atoms with Gasteiger partial charge in [-0.3, -0.25) is 4.79 Å². The number of carbonyl (C=O) groups excluding carboxylic acids is 1. The maximum Gasteiger partial charge on any atom is 0.326 e. The number of rotatable bonds is 6. The van der Waals surface area contributed by atoms with Gasteiger partial charge in [-0.25, -0.2) is 9.59 Å². The maximum atomic E-state index is 12.8. The van der Waals surface area contributed by atoms with Crippen LogP contribution in [0.2, 0.25) is 0 Å². The lowest BCUT2D eigenvalue weighted by Crippen LogP contribution is -2.53. The van der Waals surface area contributed by atoms with Crippen molar-refractivity contribution in [3.8, 4) is 0 Å². The quantitative estimate of drug-likeness (QED) is 0.827. The molecule has 0 saturated carbocycles. The maximum absolute atomic E-state index is 12.8. The van der Waals surface area contributed by atoms with Gasteiger partial charge in [-0.05, 0) is 17.5 Å². The van der Waals surface area contributed by atoms with Crippen LogP contribution in [0.5, 0.6) is 0 Å². The second-order valence-corrected chi connectivity index (χ2v) is 5.87. The molecule has 1 aliphatic heterocycles. The van der Waals surface area contributed by atoms with E-state index in [0.29, 0.717) is 13.0 Å². The first-order valence-corrected chi connectivity index (χ1v) is 8.01. The highest BCUT2D eigenvalue weighted by atomic mass is 16.4. The lowest BCUT2D eigenvalue weighted by molar-refractivity contribution is -0.143. The van der Waals surface area contributed by atoms with E-state index in [4.69, 9.17) is 5.11 Å². The summed E-state index contributed by atoms with van der Waals surface area (Å²) in [6, 6.07) is 6.12. The summed E-state index contributed by atoms with van der Waals surface area (Å²) in [5, 5.41) is 18.4. The van der Waals surface area contributed by atoms with Crippen molar-refractivity contribution in [2.75, 3.05) is 13.1 Å². The SMILES string of the molecule is CCCN(CCC(=O)O)C(=O)N1Cc2ccccc2C[C@H]1C(=O)O. The van der Waals surface area contributed by atoms with Gasteiger partial charge in [-0.1, -0.05) is 31.2 Å². The summed E-state index contributed by atoms with van der Waals surface area (Å²) in [4.78, 5) is 38.0. The third-order valence-electron chi connectivity index (χ3n) is 4.14. The molecule has 130 valence electrons. The number of benzene rings is 1. The highest BCUT2D eigenvalue weighted by Crippen LogP contribution is 2.24. The molecular formula is C17H22N2O5. The van der Waals surface area contributed by atoms with Gasteiger partial charge < -0.3 is 20.0 Å². The van der Waals surface area contributed by atoms with Crippen molar-refractivity contribution in [3.63, 3.8) is 0 Å². The normalized spacial score (nSPS) is 16.4. The largest absolute Gasteiger partial charge is 0.481 e. The van der Waals surface area contributed by atoms with E-state index >= 15 is 0 Å². The first-order valence-electron chi connectivity index (χ1n) is 8.01. The van der Waals surface area contributed by atoms with E-state index in [0.717, 1.165) is 11.1 Å². The molecule has 1 heterocycles. The molecule has 1 aromatic carbocycles. The Morgan fingerprint density at radius 3 is 2.42 bits per heavy atom. The predicted molar refractivity (Wildman–Crippen MR) is 86.6 cm³/mol. The molecule has 7 heteroatoms. The number of hydrogen-bond acceptors (Lipinski definition) is 3. The van der Waals surface area contributed by atoms with Crippen LogP contribution in [0.4, 0.5) is 4.79 Å². The third-order valence-corrected chi connectivity index (χ3v) is 4.14. The second-order valence-electron chi connectivity index (χ2n) is 5.87. The van der Waals surface area contributed by atoms with Crippen molar-refractivity contribution in [2.24, 2.45) is 0 Å². The van der Waals surface area contributed by atoms with Crippen molar-refractivity contribution < 1.29 is 24.6 Å². The highest BCUT2D eigenvalue weighted by Gasteiger charge is 2.36. The van der Waals surface area contributed by atoms with Gasteiger partial charge in [0.2, 0.25) is 0 Å². The topological polar surface area (TPSA) is 98.2 Å². The van der Waals surface area contributed by atoms with Crippen molar-refractivity contribution in [2.45, 2.75) is 38.8 Å². The van der Waals surface area contributed by atoms with Crippen LogP contribution in [0.15, 0.2) is 24.3 Å². The molecule has 24 heavy (non-hydrogen) atoms. The number of fused-ring (bicyclic) bond motifs is 1. The van der Waals surface area contributed by atoms with Crippen molar-refractivity contribution in [3.05, 3.63) is 35.4 Å². The molecule has 1 atom stereocenters. The van der Waals surface area contributed by atoms with E-state index in [2.05, 4.69) is 0 Å². The number of amides is 2. The molecule has 2 amide bonds. The molecule has 1 aliphatic rings. The fourth-order valence-corrected chi connectivity index (χ4v) is 2.93. The lowest BCUT2D eigenvalue weighted by Gasteiger charge is -2.37. The Morgan fingerprint density at radius 2 is 1.83 bits per heavy atom. The van der Waals surface area contributed by atoms with Gasteiger partial charge in [0.05, 0.1) is 6.42 Å². The zero-order chi connectivity index (χ0) is 17.7. The van der Waals surface area contributed by atoms with Crippen LogP contribution in [0.1, 0.15) is 30.9 Å². The molecule has 0 aliphatic carbocycles. The predicted octanol–water partition coefficient (Wildman–Crippen LogP) is 1.80. The van der Waals surface area contributed by atoms with E-state index in [-0.39, 0.29) is 25.9 Å². The lowest BCUT2D eigenvalue weighted by atomic mass is 9.94. The third kappa shape index (κ3) is 4.04. The molecule has 1 aromatic rings.